The number of hydrogen-bond donors (Lipinski definition) is 3. The summed E-state index contributed by atoms with van der Waals surface area (Å²) in [5.41, 5.74) is 5.53. The SMILES string of the molecule is CC(C)(C)OC(=O)CC[C@]1(C(=O)NNCc2ccc(Cl)cc2Cl)N=C(c2ccc(OCCCO)cc2)O[C@H]1c1ccc(Br)cc1. The van der Waals surface area contributed by atoms with Crippen LogP contribution in [0.15, 0.2) is 76.2 Å². The van der Waals surface area contributed by atoms with Crippen LogP contribution in [0.3, 0.4) is 0 Å². The fourth-order valence-electron chi connectivity index (χ4n) is 4.69. The standard InChI is InChI=1S/C33H36BrCl2N3O6/c1-32(2,3)45-28(41)15-16-33(31(42)39-37-20-23-7-12-25(35)19-27(23)36)29(21-5-10-24(34)11-6-21)44-30(38-33)22-8-13-26(14-9-22)43-18-4-17-40/h5-14,19,29,37,40H,4,15-18,20H2,1-3H3,(H,39,42)/t29-,33-/m0/s1. The maximum Gasteiger partial charge on any atom is 0.306 e. The van der Waals surface area contributed by atoms with Crippen molar-refractivity contribution < 1.29 is 28.9 Å². The average Bonchev–Trinajstić information content (AvgIpc) is 3.38. The van der Waals surface area contributed by atoms with Crippen molar-refractivity contribution >= 4 is 56.9 Å². The third-order valence-electron chi connectivity index (χ3n) is 6.83. The molecule has 3 N–H and O–H groups in total. The van der Waals surface area contributed by atoms with Gasteiger partial charge in [0.05, 0.1) is 6.61 Å². The first-order valence-corrected chi connectivity index (χ1v) is 16.0. The van der Waals surface area contributed by atoms with Gasteiger partial charge in [-0.15, -0.1) is 0 Å². The number of amides is 1. The quantitative estimate of drug-likeness (QED) is 0.102. The van der Waals surface area contributed by atoms with E-state index in [2.05, 4.69) is 26.8 Å². The number of benzene rings is 3. The first-order valence-electron chi connectivity index (χ1n) is 14.5. The van der Waals surface area contributed by atoms with E-state index in [-0.39, 0.29) is 31.9 Å². The molecule has 0 spiro atoms. The predicted molar refractivity (Wildman–Crippen MR) is 177 cm³/mol. The summed E-state index contributed by atoms with van der Waals surface area (Å²) in [5, 5.41) is 9.99. The van der Waals surface area contributed by atoms with E-state index >= 15 is 0 Å². The summed E-state index contributed by atoms with van der Waals surface area (Å²) in [5.74, 6) is -0.0969. The molecule has 0 bridgehead atoms. The third kappa shape index (κ3) is 9.43. The van der Waals surface area contributed by atoms with E-state index in [9.17, 15) is 9.59 Å². The summed E-state index contributed by atoms with van der Waals surface area (Å²) in [4.78, 5) is 32.0. The van der Waals surface area contributed by atoms with Gasteiger partial charge in [-0.1, -0.05) is 57.3 Å². The van der Waals surface area contributed by atoms with Crippen LogP contribution in [0.5, 0.6) is 5.75 Å². The molecule has 0 radical (unpaired) electrons. The minimum Gasteiger partial charge on any atom is -0.494 e. The Balaban J connectivity index is 1.68. The number of esters is 1. The highest BCUT2D eigenvalue weighted by atomic mass is 79.9. The van der Waals surface area contributed by atoms with E-state index < -0.39 is 29.1 Å². The Bertz CT molecular complexity index is 1510. The van der Waals surface area contributed by atoms with Crippen LogP contribution >= 0.6 is 39.1 Å². The van der Waals surface area contributed by atoms with Crippen LogP contribution in [0.4, 0.5) is 0 Å². The molecule has 4 rings (SSSR count). The molecule has 1 aliphatic rings. The third-order valence-corrected chi connectivity index (χ3v) is 7.94. The number of carbonyl (C=O) groups excluding carboxylic acids is 2. The molecule has 0 saturated carbocycles. The molecule has 9 nitrogen and oxygen atoms in total. The zero-order valence-electron chi connectivity index (χ0n) is 25.2. The Morgan fingerprint density at radius 1 is 1.07 bits per heavy atom. The second-order valence-electron chi connectivity index (χ2n) is 11.5. The second-order valence-corrected chi connectivity index (χ2v) is 13.2. The van der Waals surface area contributed by atoms with Gasteiger partial charge in [-0.3, -0.25) is 15.0 Å². The molecule has 1 heterocycles. The fraction of sp³-hybridized carbons (Fsp3) is 0.364. The summed E-state index contributed by atoms with van der Waals surface area (Å²) in [7, 11) is 0. The lowest BCUT2D eigenvalue weighted by molar-refractivity contribution is -0.155. The number of ether oxygens (including phenoxy) is 3. The zero-order chi connectivity index (χ0) is 32.6. The van der Waals surface area contributed by atoms with Gasteiger partial charge in [0.2, 0.25) is 5.90 Å². The van der Waals surface area contributed by atoms with Crippen molar-refractivity contribution in [1.82, 2.24) is 10.9 Å². The van der Waals surface area contributed by atoms with Gasteiger partial charge in [0.1, 0.15) is 11.4 Å². The Morgan fingerprint density at radius 3 is 2.42 bits per heavy atom. The van der Waals surface area contributed by atoms with Crippen LogP contribution < -0.4 is 15.6 Å². The van der Waals surface area contributed by atoms with Gasteiger partial charge >= 0.3 is 5.97 Å². The monoisotopic (exact) mass is 719 g/mol. The van der Waals surface area contributed by atoms with Crippen molar-refractivity contribution in [1.29, 1.82) is 0 Å². The summed E-state index contributed by atoms with van der Waals surface area (Å²) < 4.78 is 18.5. The highest BCUT2D eigenvalue weighted by Gasteiger charge is 2.53. The number of aliphatic imine (C=N–C) groups is 1. The average molecular weight is 721 g/mol. The molecule has 0 fully saturated rings. The lowest BCUT2D eigenvalue weighted by Crippen LogP contribution is -2.52. The van der Waals surface area contributed by atoms with Crippen LogP contribution in [0, 0.1) is 0 Å². The lowest BCUT2D eigenvalue weighted by atomic mass is 9.83. The Kier molecular flexibility index (Phi) is 11.9. The van der Waals surface area contributed by atoms with Crippen molar-refractivity contribution in [2.24, 2.45) is 4.99 Å². The van der Waals surface area contributed by atoms with Crippen LogP contribution in [0.25, 0.3) is 0 Å². The van der Waals surface area contributed by atoms with Crippen LogP contribution in [0.2, 0.25) is 10.0 Å². The number of hydrogen-bond acceptors (Lipinski definition) is 8. The number of halogens is 3. The topological polar surface area (TPSA) is 118 Å². The van der Waals surface area contributed by atoms with Gasteiger partial charge < -0.3 is 19.3 Å². The molecule has 3 aromatic carbocycles. The Labute approximate surface area is 281 Å². The molecule has 1 aliphatic heterocycles. The van der Waals surface area contributed by atoms with Crippen molar-refractivity contribution in [2.45, 2.75) is 63.8 Å². The van der Waals surface area contributed by atoms with Crippen LogP contribution in [-0.4, -0.2) is 47.2 Å². The van der Waals surface area contributed by atoms with Gasteiger partial charge in [0.25, 0.3) is 5.91 Å². The lowest BCUT2D eigenvalue weighted by Gasteiger charge is -2.31. The van der Waals surface area contributed by atoms with Crippen LogP contribution in [-0.2, 0) is 25.6 Å². The molecule has 0 unspecified atom stereocenters. The highest BCUT2D eigenvalue weighted by molar-refractivity contribution is 9.10. The minimum atomic E-state index is -1.55. The number of carbonyl (C=O) groups is 2. The molecule has 0 aliphatic carbocycles. The number of aliphatic hydroxyl groups excluding tert-OH is 1. The summed E-state index contributed by atoms with van der Waals surface area (Å²) in [6.07, 6.45) is -0.438. The van der Waals surface area contributed by atoms with Gasteiger partial charge in [0, 0.05) is 46.1 Å². The van der Waals surface area contributed by atoms with E-state index in [1.54, 1.807) is 63.2 Å². The maximum atomic E-state index is 14.2. The molecule has 12 heteroatoms. The summed E-state index contributed by atoms with van der Waals surface area (Å²) >= 11 is 15.8. The van der Waals surface area contributed by atoms with E-state index in [1.807, 2.05) is 24.3 Å². The smallest absolute Gasteiger partial charge is 0.306 e. The normalized spacial score (nSPS) is 17.8. The fourth-order valence-corrected chi connectivity index (χ4v) is 5.43. The largest absolute Gasteiger partial charge is 0.494 e. The Morgan fingerprint density at radius 2 is 1.78 bits per heavy atom. The Hall–Kier alpha value is -3.15. The zero-order valence-corrected chi connectivity index (χ0v) is 28.3. The molecule has 2 atom stereocenters. The summed E-state index contributed by atoms with van der Waals surface area (Å²) in [6.45, 7) is 5.99. The molecular weight excluding hydrogens is 685 g/mol. The first kappa shape index (κ1) is 34.7. The number of aliphatic hydroxyl groups is 1. The molecule has 0 aromatic heterocycles. The molecule has 0 saturated heterocycles. The number of nitrogens with one attached hydrogen (secondary N) is 2. The molecule has 1 amide bonds. The maximum absolute atomic E-state index is 14.2. The number of rotatable bonds is 13. The van der Waals surface area contributed by atoms with Gasteiger partial charge in [-0.25, -0.2) is 10.4 Å². The van der Waals surface area contributed by atoms with Gasteiger partial charge in [-0.2, -0.15) is 0 Å². The molecular formula is C33H36BrCl2N3O6. The summed E-state index contributed by atoms with van der Waals surface area (Å²) in [6, 6.07) is 19.6. The van der Waals surface area contributed by atoms with E-state index in [4.69, 9.17) is 47.5 Å². The highest BCUT2D eigenvalue weighted by Crippen LogP contribution is 2.43. The first-order chi connectivity index (χ1) is 21.4. The van der Waals surface area contributed by atoms with Crippen molar-refractivity contribution in [3.05, 3.63) is 97.9 Å². The van der Waals surface area contributed by atoms with E-state index in [1.165, 1.54) is 0 Å². The molecule has 45 heavy (non-hydrogen) atoms. The van der Waals surface area contributed by atoms with Gasteiger partial charge in [0.15, 0.2) is 11.6 Å². The van der Waals surface area contributed by atoms with Crippen molar-refractivity contribution in [3.8, 4) is 5.75 Å². The molecule has 240 valence electrons. The van der Waals surface area contributed by atoms with Crippen LogP contribution in [0.1, 0.15) is 62.8 Å². The number of nitrogens with zero attached hydrogens (tertiary/aromatic N) is 1. The van der Waals surface area contributed by atoms with Crippen molar-refractivity contribution in [2.75, 3.05) is 13.2 Å². The van der Waals surface area contributed by atoms with Crippen molar-refractivity contribution in [3.63, 3.8) is 0 Å². The van der Waals surface area contributed by atoms with E-state index in [0.717, 1.165) is 10.0 Å². The predicted octanol–water partition coefficient (Wildman–Crippen LogP) is 6.72. The van der Waals surface area contributed by atoms with E-state index in [0.29, 0.717) is 39.9 Å². The second kappa shape index (κ2) is 15.4. The van der Waals surface area contributed by atoms with Gasteiger partial charge in [-0.05, 0) is 86.8 Å². The molecule has 3 aromatic rings. The number of hydrazine groups is 1. The minimum absolute atomic E-state index is 0.00368.